The van der Waals surface area contributed by atoms with E-state index >= 15 is 0 Å². The lowest BCUT2D eigenvalue weighted by molar-refractivity contribution is -0.149. The number of carbonyl (C=O) groups is 4. The van der Waals surface area contributed by atoms with Gasteiger partial charge in [-0.15, -0.1) is 0 Å². The van der Waals surface area contributed by atoms with Crippen LogP contribution in [0.5, 0.6) is 0 Å². The van der Waals surface area contributed by atoms with E-state index in [1.54, 1.807) is 9.80 Å². The van der Waals surface area contributed by atoms with Gasteiger partial charge in [0, 0.05) is 58.2 Å². The van der Waals surface area contributed by atoms with Crippen LogP contribution < -0.4 is 10.6 Å². The van der Waals surface area contributed by atoms with E-state index in [0.29, 0.717) is 51.4 Å². The van der Waals surface area contributed by atoms with Gasteiger partial charge in [0.25, 0.3) is 0 Å². The molecule has 3 fully saturated rings. The first kappa shape index (κ1) is 41.6. The minimum atomic E-state index is -0.905. The molecule has 1 aromatic carbocycles. The number of unbranched alkanes of at least 4 members (excludes halogenated alkanes) is 1. The van der Waals surface area contributed by atoms with Crippen molar-refractivity contribution >= 4 is 23.8 Å². The molecule has 0 unspecified atom stereocenters. The van der Waals surface area contributed by atoms with Crippen LogP contribution in [-0.4, -0.2) is 126 Å². The first-order valence-electron chi connectivity index (χ1n) is 20.4. The van der Waals surface area contributed by atoms with Gasteiger partial charge in [0.1, 0.15) is 12.1 Å². The van der Waals surface area contributed by atoms with Crippen LogP contribution in [0.15, 0.2) is 30.3 Å². The summed E-state index contributed by atoms with van der Waals surface area (Å²) in [6.45, 7) is 12.1. The van der Waals surface area contributed by atoms with Crippen molar-refractivity contribution in [1.82, 2.24) is 30.2 Å². The molecule has 2 heterocycles. The number of nitrogens with one attached hydrogen (secondary N) is 2. The second-order valence-electron chi connectivity index (χ2n) is 16.0. The quantitative estimate of drug-likeness (QED) is 0.215. The molecule has 5 atom stereocenters. The van der Waals surface area contributed by atoms with Crippen molar-refractivity contribution < 1.29 is 24.3 Å². The van der Waals surface area contributed by atoms with E-state index in [1.807, 2.05) is 56.0 Å². The van der Waals surface area contributed by atoms with Gasteiger partial charge in [0.2, 0.25) is 17.7 Å². The Morgan fingerprint density at radius 3 is 2.23 bits per heavy atom. The predicted octanol–water partition coefficient (Wildman–Crippen LogP) is 4.67. The Morgan fingerprint density at radius 1 is 0.904 bits per heavy atom. The number of aliphatic hydroxyl groups excluding tert-OH is 1. The molecule has 0 bridgehead atoms. The van der Waals surface area contributed by atoms with E-state index in [2.05, 4.69) is 29.5 Å². The van der Waals surface area contributed by atoms with Crippen LogP contribution in [0.4, 0.5) is 4.79 Å². The number of urea groups is 1. The Balaban J connectivity index is 1.58. The fourth-order valence-corrected chi connectivity index (χ4v) is 8.24. The van der Waals surface area contributed by atoms with Gasteiger partial charge in [0.05, 0.1) is 12.1 Å². The van der Waals surface area contributed by atoms with Crippen molar-refractivity contribution in [1.29, 1.82) is 0 Å². The van der Waals surface area contributed by atoms with Crippen LogP contribution in [0.1, 0.15) is 104 Å². The third kappa shape index (κ3) is 11.7. The van der Waals surface area contributed by atoms with Crippen LogP contribution in [-0.2, 0) is 20.8 Å². The predicted molar refractivity (Wildman–Crippen MR) is 206 cm³/mol. The molecule has 11 heteroatoms. The smallest absolute Gasteiger partial charge is 0.320 e. The van der Waals surface area contributed by atoms with Gasteiger partial charge in [-0.2, -0.15) is 0 Å². The minimum absolute atomic E-state index is 0.0267. The summed E-state index contributed by atoms with van der Waals surface area (Å²) >= 11 is 0. The van der Waals surface area contributed by atoms with Crippen LogP contribution in [0.2, 0.25) is 0 Å². The van der Waals surface area contributed by atoms with E-state index < -0.39 is 24.2 Å². The third-order valence-electron chi connectivity index (χ3n) is 11.6. The van der Waals surface area contributed by atoms with E-state index in [1.165, 1.54) is 6.42 Å². The molecule has 1 aliphatic carbocycles. The average Bonchev–Trinajstić information content (AvgIpc) is 3.14. The number of piperazine rings is 2. The fraction of sp³-hybridized carbons (Fsp3) is 0.756. The summed E-state index contributed by atoms with van der Waals surface area (Å²) in [4.78, 5) is 63.8. The molecule has 2 aliphatic heterocycles. The molecule has 5 amide bonds. The fourth-order valence-electron chi connectivity index (χ4n) is 8.24. The number of carbonyl (C=O) groups excluding carboxylic acids is 4. The Morgan fingerprint density at radius 2 is 1.60 bits per heavy atom. The molecule has 0 radical (unpaired) electrons. The van der Waals surface area contributed by atoms with Gasteiger partial charge in [0.15, 0.2) is 0 Å². The number of amides is 5. The Labute approximate surface area is 313 Å². The summed E-state index contributed by atoms with van der Waals surface area (Å²) in [7, 11) is 2.05. The summed E-state index contributed by atoms with van der Waals surface area (Å²) in [5, 5.41) is 18.1. The third-order valence-corrected chi connectivity index (χ3v) is 11.6. The van der Waals surface area contributed by atoms with E-state index in [4.69, 9.17) is 0 Å². The number of nitrogens with zero attached hydrogens (tertiary/aromatic N) is 4. The summed E-state index contributed by atoms with van der Waals surface area (Å²) in [6, 6.07) is 7.70. The zero-order valence-electron chi connectivity index (χ0n) is 32.7. The van der Waals surface area contributed by atoms with Gasteiger partial charge in [-0.1, -0.05) is 103 Å². The maximum atomic E-state index is 14.6. The number of aliphatic hydroxyl groups is 1. The zero-order valence-corrected chi connectivity index (χ0v) is 32.7. The molecule has 3 aliphatic rings. The molecular formula is C41H68N6O5. The summed E-state index contributed by atoms with van der Waals surface area (Å²) in [5.41, 5.74) is 0.965. The van der Waals surface area contributed by atoms with E-state index in [9.17, 15) is 24.3 Å². The number of benzene rings is 1. The van der Waals surface area contributed by atoms with Crippen molar-refractivity contribution in [3.63, 3.8) is 0 Å². The van der Waals surface area contributed by atoms with Crippen molar-refractivity contribution in [3.05, 3.63) is 35.9 Å². The largest absolute Gasteiger partial charge is 0.391 e. The second kappa shape index (κ2) is 20.9. The molecule has 4 rings (SSSR count). The van der Waals surface area contributed by atoms with Crippen LogP contribution in [0.25, 0.3) is 0 Å². The number of hydrogen-bond acceptors (Lipinski definition) is 6. The molecule has 11 nitrogen and oxygen atoms in total. The lowest BCUT2D eigenvalue weighted by atomic mass is 9.81. The molecular weight excluding hydrogens is 656 g/mol. The Hall–Kier alpha value is -3.18. The molecule has 52 heavy (non-hydrogen) atoms. The van der Waals surface area contributed by atoms with Gasteiger partial charge >= 0.3 is 6.03 Å². The average molecular weight is 725 g/mol. The highest BCUT2D eigenvalue weighted by molar-refractivity contribution is 5.93. The van der Waals surface area contributed by atoms with Crippen LogP contribution >= 0.6 is 0 Å². The Bertz CT molecular complexity index is 1270. The highest BCUT2D eigenvalue weighted by Crippen LogP contribution is 2.30. The normalized spacial score (nSPS) is 21.5. The maximum absolute atomic E-state index is 14.6. The zero-order chi connectivity index (χ0) is 37.6. The summed E-state index contributed by atoms with van der Waals surface area (Å²) < 4.78 is 0. The first-order valence-corrected chi connectivity index (χ1v) is 20.4. The molecule has 3 N–H and O–H groups in total. The molecule has 0 spiro atoms. The summed E-state index contributed by atoms with van der Waals surface area (Å²) in [5.74, 6) is -0.483. The summed E-state index contributed by atoms with van der Waals surface area (Å²) in [6.07, 6.45) is 8.95. The van der Waals surface area contributed by atoms with Crippen molar-refractivity contribution in [3.8, 4) is 0 Å². The topological polar surface area (TPSA) is 126 Å². The highest BCUT2D eigenvalue weighted by Gasteiger charge is 2.44. The lowest BCUT2D eigenvalue weighted by Crippen LogP contribution is -2.66. The standard InChI is InChI=1S/C41H68N6O5/c1-6-8-19-35(39(50)43-34(27-31-15-11-9-12-16-31)37(48)29-33(30(3)4)38(49)42-20-7-2)46-25-26-47(41(52)45-23-21-44(5)22-24-45)36(40(46)51)28-32-17-13-10-14-18-32/h10,13-14,17-18,30-31,33-37,48H,6-9,11-12,15-16,19-29H2,1-5H3,(H,42,49)(H,43,50)/t33-,34-,35-,36+,37-/m0/s1. The lowest BCUT2D eigenvalue weighted by Gasteiger charge is -2.46. The van der Waals surface area contributed by atoms with Crippen molar-refractivity contribution in [2.75, 3.05) is 52.9 Å². The van der Waals surface area contributed by atoms with Crippen LogP contribution in [0, 0.1) is 17.8 Å². The first-order chi connectivity index (χ1) is 25.0. The van der Waals surface area contributed by atoms with Crippen molar-refractivity contribution in [2.24, 2.45) is 17.8 Å². The van der Waals surface area contributed by atoms with Crippen LogP contribution in [0.3, 0.4) is 0 Å². The molecule has 1 saturated carbocycles. The molecule has 1 aromatic rings. The van der Waals surface area contributed by atoms with Gasteiger partial charge in [-0.05, 0) is 50.1 Å². The van der Waals surface area contributed by atoms with Gasteiger partial charge in [-0.25, -0.2) is 4.79 Å². The molecule has 2 saturated heterocycles. The molecule has 292 valence electrons. The number of rotatable bonds is 17. The molecule has 0 aromatic heterocycles. The number of likely N-dealkylation sites (N-methyl/N-ethyl adjacent to an activating group) is 1. The van der Waals surface area contributed by atoms with E-state index in [-0.39, 0.29) is 48.6 Å². The van der Waals surface area contributed by atoms with Gasteiger partial charge < -0.3 is 35.3 Å². The second-order valence-corrected chi connectivity index (χ2v) is 16.0. The van der Waals surface area contributed by atoms with Gasteiger partial charge in [-0.3, -0.25) is 14.4 Å². The monoisotopic (exact) mass is 725 g/mol. The minimum Gasteiger partial charge on any atom is -0.391 e. The Kier molecular flexibility index (Phi) is 16.7. The van der Waals surface area contributed by atoms with E-state index in [0.717, 1.165) is 63.6 Å². The number of hydrogen-bond donors (Lipinski definition) is 3. The SMILES string of the molecule is CCCC[C@@H](C(=O)N[C@@H](CC1CCCCC1)[C@@H](O)C[C@H](C(=O)NCCC)C(C)C)N1CCN(C(=O)N2CCN(C)CC2)[C@H](Cc2ccccc2)C1=O. The van der Waals surface area contributed by atoms with Crippen molar-refractivity contribution in [2.45, 2.75) is 129 Å². The highest BCUT2D eigenvalue weighted by atomic mass is 16.3. The maximum Gasteiger partial charge on any atom is 0.320 e.